The van der Waals surface area contributed by atoms with E-state index in [1.165, 1.54) is 0 Å². The standard InChI is InChI=1S/C18H21NOS/c1-18(2,3)19-17(20)16(14-10-6-4-7-11-14)21-15-12-8-5-9-13-15/h4-13,16H,1-3H3,(H,19,20)/t16-/m0/s1. The molecule has 0 aliphatic heterocycles. The minimum atomic E-state index is -0.243. The maximum absolute atomic E-state index is 12.6. The number of hydrogen-bond donors (Lipinski definition) is 1. The van der Waals surface area contributed by atoms with Crippen LogP contribution in [0.2, 0.25) is 0 Å². The van der Waals surface area contributed by atoms with Crippen LogP contribution < -0.4 is 5.32 Å². The zero-order valence-electron chi connectivity index (χ0n) is 12.7. The van der Waals surface area contributed by atoms with Gasteiger partial charge in [0.25, 0.3) is 0 Å². The van der Waals surface area contributed by atoms with Gasteiger partial charge in [0.1, 0.15) is 5.25 Å². The van der Waals surface area contributed by atoms with Gasteiger partial charge in [-0.2, -0.15) is 0 Å². The van der Waals surface area contributed by atoms with Gasteiger partial charge in [0, 0.05) is 10.4 Å². The fourth-order valence-corrected chi connectivity index (χ4v) is 3.02. The Bertz CT molecular complexity index is 575. The number of benzene rings is 2. The predicted molar refractivity (Wildman–Crippen MR) is 89.4 cm³/mol. The third-order valence-corrected chi connectivity index (χ3v) is 4.10. The third-order valence-electron chi connectivity index (χ3n) is 2.84. The van der Waals surface area contributed by atoms with E-state index in [0.717, 1.165) is 10.5 Å². The number of thioether (sulfide) groups is 1. The molecule has 0 heterocycles. The van der Waals surface area contributed by atoms with E-state index in [1.54, 1.807) is 11.8 Å². The Morgan fingerprint density at radius 2 is 1.48 bits per heavy atom. The second kappa shape index (κ2) is 6.81. The van der Waals surface area contributed by atoms with E-state index in [2.05, 4.69) is 5.32 Å². The van der Waals surface area contributed by atoms with Crippen LogP contribution in [0.15, 0.2) is 65.6 Å². The van der Waals surface area contributed by atoms with E-state index in [-0.39, 0.29) is 16.7 Å². The minimum absolute atomic E-state index is 0.0440. The smallest absolute Gasteiger partial charge is 0.238 e. The number of carbonyl (C=O) groups excluding carboxylic acids is 1. The molecule has 3 heteroatoms. The van der Waals surface area contributed by atoms with Crippen molar-refractivity contribution in [1.29, 1.82) is 0 Å². The second-order valence-electron chi connectivity index (χ2n) is 5.96. The lowest BCUT2D eigenvalue weighted by Gasteiger charge is -2.25. The fraction of sp³-hybridized carbons (Fsp3) is 0.278. The topological polar surface area (TPSA) is 29.1 Å². The van der Waals surface area contributed by atoms with Gasteiger partial charge < -0.3 is 5.32 Å². The van der Waals surface area contributed by atoms with Gasteiger partial charge >= 0.3 is 0 Å². The molecule has 0 bridgehead atoms. The molecule has 2 nitrogen and oxygen atoms in total. The molecule has 21 heavy (non-hydrogen) atoms. The molecule has 0 fully saturated rings. The van der Waals surface area contributed by atoms with Crippen molar-refractivity contribution in [2.24, 2.45) is 0 Å². The molecule has 0 aliphatic carbocycles. The molecular weight excluding hydrogens is 278 g/mol. The van der Waals surface area contributed by atoms with Gasteiger partial charge in [-0.25, -0.2) is 0 Å². The summed E-state index contributed by atoms with van der Waals surface area (Å²) in [6, 6.07) is 19.9. The quantitative estimate of drug-likeness (QED) is 0.846. The van der Waals surface area contributed by atoms with Crippen molar-refractivity contribution in [2.45, 2.75) is 36.5 Å². The van der Waals surface area contributed by atoms with Crippen molar-refractivity contribution >= 4 is 17.7 Å². The molecule has 0 aliphatic rings. The maximum Gasteiger partial charge on any atom is 0.238 e. The number of rotatable bonds is 4. The zero-order valence-corrected chi connectivity index (χ0v) is 13.5. The summed E-state index contributed by atoms with van der Waals surface area (Å²) in [5.74, 6) is 0.0440. The molecule has 2 rings (SSSR count). The highest BCUT2D eigenvalue weighted by atomic mass is 32.2. The zero-order chi connectivity index (χ0) is 15.3. The van der Waals surface area contributed by atoms with Gasteiger partial charge in [-0.1, -0.05) is 48.5 Å². The average Bonchev–Trinajstić information content (AvgIpc) is 2.45. The predicted octanol–water partition coefficient (Wildman–Crippen LogP) is 4.43. The maximum atomic E-state index is 12.6. The van der Waals surface area contributed by atoms with Gasteiger partial charge in [0.15, 0.2) is 0 Å². The highest BCUT2D eigenvalue weighted by molar-refractivity contribution is 8.00. The fourth-order valence-electron chi connectivity index (χ4n) is 1.97. The Hall–Kier alpha value is -1.74. The first-order valence-electron chi connectivity index (χ1n) is 7.04. The Morgan fingerprint density at radius 3 is 2.00 bits per heavy atom. The lowest BCUT2D eigenvalue weighted by Crippen LogP contribution is -2.42. The van der Waals surface area contributed by atoms with Crippen LogP contribution in [-0.4, -0.2) is 11.4 Å². The van der Waals surface area contributed by atoms with Crippen LogP contribution in [0, 0.1) is 0 Å². The van der Waals surface area contributed by atoms with Gasteiger partial charge in [-0.05, 0) is 38.5 Å². The average molecular weight is 299 g/mol. The first-order valence-corrected chi connectivity index (χ1v) is 7.92. The van der Waals surface area contributed by atoms with E-state index in [1.807, 2.05) is 81.4 Å². The molecular formula is C18H21NOS. The molecule has 0 saturated heterocycles. The molecule has 1 N–H and O–H groups in total. The molecule has 0 spiro atoms. The number of hydrogen-bond acceptors (Lipinski definition) is 2. The molecule has 0 saturated carbocycles. The number of amides is 1. The molecule has 110 valence electrons. The summed E-state index contributed by atoms with van der Waals surface area (Å²) >= 11 is 1.58. The monoisotopic (exact) mass is 299 g/mol. The third kappa shape index (κ3) is 4.94. The lowest BCUT2D eigenvalue weighted by atomic mass is 10.1. The summed E-state index contributed by atoms with van der Waals surface area (Å²) in [5, 5.41) is 2.84. The van der Waals surface area contributed by atoms with Gasteiger partial charge in [0.05, 0.1) is 0 Å². The highest BCUT2D eigenvalue weighted by Gasteiger charge is 2.25. The molecule has 1 atom stereocenters. The van der Waals surface area contributed by atoms with Crippen molar-refractivity contribution in [3.8, 4) is 0 Å². The van der Waals surface area contributed by atoms with Crippen LogP contribution in [0.4, 0.5) is 0 Å². The Kier molecular flexibility index (Phi) is 5.07. The van der Waals surface area contributed by atoms with Crippen LogP contribution in [0.3, 0.4) is 0 Å². The first-order chi connectivity index (χ1) is 9.96. The first kappa shape index (κ1) is 15.6. The van der Waals surface area contributed by atoms with Crippen molar-refractivity contribution in [3.05, 3.63) is 66.2 Å². The van der Waals surface area contributed by atoms with E-state index in [9.17, 15) is 4.79 Å². The Balaban J connectivity index is 2.25. The highest BCUT2D eigenvalue weighted by Crippen LogP contribution is 2.35. The van der Waals surface area contributed by atoms with Crippen LogP contribution in [0.1, 0.15) is 31.6 Å². The minimum Gasteiger partial charge on any atom is -0.350 e. The molecule has 0 unspecified atom stereocenters. The van der Waals surface area contributed by atoms with Crippen LogP contribution in [-0.2, 0) is 4.79 Å². The van der Waals surface area contributed by atoms with Crippen LogP contribution in [0.25, 0.3) is 0 Å². The molecule has 0 aromatic heterocycles. The van der Waals surface area contributed by atoms with Crippen molar-refractivity contribution in [3.63, 3.8) is 0 Å². The lowest BCUT2D eigenvalue weighted by molar-refractivity contribution is -0.122. The van der Waals surface area contributed by atoms with Gasteiger partial charge in [0.2, 0.25) is 5.91 Å². The summed E-state index contributed by atoms with van der Waals surface area (Å²) < 4.78 is 0. The van der Waals surface area contributed by atoms with Crippen molar-refractivity contribution in [2.75, 3.05) is 0 Å². The van der Waals surface area contributed by atoms with Gasteiger partial charge in [-0.3, -0.25) is 4.79 Å². The summed E-state index contributed by atoms with van der Waals surface area (Å²) in [7, 11) is 0. The van der Waals surface area contributed by atoms with Gasteiger partial charge in [-0.15, -0.1) is 11.8 Å². The Labute approximate surface area is 131 Å². The summed E-state index contributed by atoms with van der Waals surface area (Å²) in [6.45, 7) is 6.00. The molecule has 2 aromatic rings. The van der Waals surface area contributed by atoms with E-state index < -0.39 is 0 Å². The number of carbonyl (C=O) groups is 1. The Morgan fingerprint density at radius 1 is 0.952 bits per heavy atom. The second-order valence-corrected chi connectivity index (χ2v) is 7.14. The van der Waals surface area contributed by atoms with Crippen molar-refractivity contribution < 1.29 is 4.79 Å². The van der Waals surface area contributed by atoms with E-state index in [4.69, 9.17) is 0 Å². The summed E-state index contributed by atoms with van der Waals surface area (Å²) in [6.07, 6.45) is 0. The SMILES string of the molecule is CC(C)(C)NC(=O)[C@@H](Sc1ccccc1)c1ccccc1. The van der Waals surface area contributed by atoms with Crippen molar-refractivity contribution in [1.82, 2.24) is 5.32 Å². The molecule has 2 aromatic carbocycles. The van der Waals surface area contributed by atoms with E-state index >= 15 is 0 Å². The summed E-state index contributed by atoms with van der Waals surface area (Å²) in [4.78, 5) is 13.7. The largest absolute Gasteiger partial charge is 0.350 e. The van der Waals surface area contributed by atoms with Crippen LogP contribution >= 0.6 is 11.8 Å². The number of nitrogens with one attached hydrogen (secondary N) is 1. The normalized spacial score (nSPS) is 12.7. The molecule has 1 amide bonds. The molecule has 0 radical (unpaired) electrons. The van der Waals surface area contributed by atoms with E-state index in [0.29, 0.717) is 0 Å². The van der Waals surface area contributed by atoms with Crippen LogP contribution in [0.5, 0.6) is 0 Å². The summed E-state index contributed by atoms with van der Waals surface area (Å²) in [5.41, 5.74) is 0.787.